The van der Waals surface area contributed by atoms with Gasteiger partial charge in [-0.1, -0.05) is 0 Å². The molecule has 0 aromatic carbocycles. The Morgan fingerprint density at radius 2 is 1.80 bits per heavy atom. The quantitative estimate of drug-likeness (QED) is 0.681. The van der Waals surface area contributed by atoms with Gasteiger partial charge in [0.05, 0.1) is 25.9 Å². The second-order valence-corrected chi connectivity index (χ2v) is 5.48. The van der Waals surface area contributed by atoms with Crippen molar-refractivity contribution in [2.45, 2.75) is 13.0 Å². The van der Waals surface area contributed by atoms with Crippen LogP contribution in [0.2, 0.25) is 0 Å². The van der Waals surface area contributed by atoms with E-state index in [9.17, 15) is 4.79 Å². The minimum atomic E-state index is -0.0160. The molecule has 116 valence electrons. The Kier molecular flexibility index (Phi) is 6.22. The van der Waals surface area contributed by atoms with E-state index in [1.165, 1.54) is 0 Å². The molecule has 0 radical (unpaired) electrons. The highest BCUT2D eigenvalue weighted by atomic mass is 16.5. The number of methoxy groups -OCH3 is 1. The average molecular weight is 285 g/mol. The Hall–Kier alpha value is -0.690. The van der Waals surface area contributed by atoms with Crippen LogP contribution in [0.4, 0.5) is 0 Å². The zero-order chi connectivity index (χ0) is 14.4. The molecule has 2 fully saturated rings. The molecular formula is C14H27N3O3. The third-order valence-corrected chi connectivity index (χ3v) is 4.25. The van der Waals surface area contributed by atoms with Crippen molar-refractivity contribution in [2.24, 2.45) is 0 Å². The standard InChI is InChI=1S/C14H27N3O3/c1-13(14(18)17-8-11-20-12-9-17)16-5-3-15(4-6-16)7-10-19-2/h13H,3-12H2,1-2H3. The SMILES string of the molecule is COCCN1CCN(C(C)C(=O)N2CCOCC2)CC1. The van der Waals surface area contributed by atoms with Gasteiger partial charge in [0.25, 0.3) is 0 Å². The molecule has 2 heterocycles. The summed E-state index contributed by atoms with van der Waals surface area (Å²) in [6.45, 7) is 10.6. The fourth-order valence-electron chi connectivity index (χ4n) is 2.80. The van der Waals surface area contributed by atoms with E-state index in [1.807, 2.05) is 11.8 Å². The molecule has 6 heteroatoms. The molecule has 2 rings (SSSR count). The van der Waals surface area contributed by atoms with Gasteiger partial charge in [0.1, 0.15) is 0 Å². The first-order chi connectivity index (χ1) is 9.72. The van der Waals surface area contributed by atoms with Crippen LogP contribution in [0, 0.1) is 0 Å². The first-order valence-corrected chi connectivity index (χ1v) is 7.54. The molecule has 0 spiro atoms. The fraction of sp³-hybridized carbons (Fsp3) is 0.929. The van der Waals surface area contributed by atoms with Crippen molar-refractivity contribution < 1.29 is 14.3 Å². The number of carbonyl (C=O) groups excluding carboxylic acids is 1. The van der Waals surface area contributed by atoms with Gasteiger partial charge in [0, 0.05) is 52.9 Å². The van der Waals surface area contributed by atoms with Crippen LogP contribution in [0.5, 0.6) is 0 Å². The largest absolute Gasteiger partial charge is 0.383 e. The predicted molar refractivity (Wildman–Crippen MR) is 76.8 cm³/mol. The van der Waals surface area contributed by atoms with Crippen molar-refractivity contribution in [1.82, 2.24) is 14.7 Å². The van der Waals surface area contributed by atoms with Gasteiger partial charge in [-0.15, -0.1) is 0 Å². The lowest BCUT2D eigenvalue weighted by Gasteiger charge is -2.39. The zero-order valence-electron chi connectivity index (χ0n) is 12.7. The van der Waals surface area contributed by atoms with Gasteiger partial charge in [-0.3, -0.25) is 14.6 Å². The van der Waals surface area contributed by atoms with Crippen LogP contribution in [-0.4, -0.2) is 99.4 Å². The number of rotatable bonds is 5. The monoisotopic (exact) mass is 285 g/mol. The molecule has 0 bridgehead atoms. The van der Waals surface area contributed by atoms with Crippen molar-refractivity contribution in [3.8, 4) is 0 Å². The van der Waals surface area contributed by atoms with E-state index in [-0.39, 0.29) is 11.9 Å². The highest BCUT2D eigenvalue weighted by Gasteiger charge is 2.29. The molecule has 0 N–H and O–H groups in total. The van der Waals surface area contributed by atoms with Crippen LogP contribution in [-0.2, 0) is 14.3 Å². The smallest absolute Gasteiger partial charge is 0.239 e. The summed E-state index contributed by atoms with van der Waals surface area (Å²) >= 11 is 0. The van der Waals surface area contributed by atoms with Gasteiger partial charge in [-0.25, -0.2) is 0 Å². The molecule has 0 aromatic rings. The van der Waals surface area contributed by atoms with E-state index >= 15 is 0 Å². The van der Waals surface area contributed by atoms with E-state index in [0.717, 1.165) is 52.4 Å². The lowest BCUT2D eigenvalue weighted by atomic mass is 10.2. The van der Waals surface area contributed by atoms with Gasteiger partial charge in [-0.05, 0) is 6.92 Å². The van der Waals surface area contributed by atoms with Crippen LogP contribution >= 0.6 is 0 Å². The Labute approximate surface area is 121 Å². The van der Waals surface area contributed by atoms with Gasteiger partial charge in [0.2, 0.25) is 5.91 Å². The van der Waals surface area contributed by atoms with Gasteiger partial charge in [-0.2, -0.15) is 0 Å². The molecule has 1 amide bonds. The van der Waals surface area contributed by atoms with E-state index in [2.05, 4.69) is 9.80 Å². The Morgan fingerprint density at radius 3 is 2.40 bits per heavy atom. The van der Waals surface area contributed by atoms with E-state index in [4.69, 9.17) is 9.47 Å². The second-order valence-electron chi connectivity index (χ2n) is 5.48. The van der Waals surface area contributed by atoms with Crippen LogP contribution in [0.1, 0.15) is 6.92 Å². The molecule has 0 aliphatic carbocycles. The molecular weight excluding hydrogens is 258 g/mol. The molecule has 6 nitrogen and oxygen atoms in total. The van der Waals surface area contributed by atoms with Crippen molar-refractivity contribution in [2.75, 3.05) is 72.7 Å². The average Bonchev–Trinajstić information content (AvgIpc) is 2.53. The van der Waals surface area contributed by atoms with Crippen LogP contribution in [0.25, 0.3) is 0 Å². The zero-order valence-corrected chi connectivity index (χ0v) is 12.7. The number of hydrogen-bond donors (Lipinski definition) is 0. The molecule has 2 aliphatic heterocycles. The molecule has 2 saturated heterocycles. The molecule has 1 unspecified atom stereocenters. The van der Waals surface area contributed by atoms with E-state index in [1.54, 1.807) is 7.11 Å². The lowest BCUT2D eigenvalue weighted by molar-refractivity contribution is -0.141. The summed E-state index contributed by atoms with van der Waals surface area (Å²) in [5.41, 5.74) is 0. The topological polar surface area (TPSA) is 45.2 Å². The molecule has 1 atom stereocenters. The summed E-state index contributed by atoms with van der Waals surface area (Å²) in [5.74, 6) is 0.249. The number of carbonyl (C=O) groups is 1. The Balaban J connectivity index is 1.75. The highest BCUT2D eigenvalue weighted by Crippen LogP contribution is 2.10. The van der Waals surface area contributed by atoms with Crippen LogP contribution in [0.15, 0.2) is 0 Å². The van der Waals surface area contributed by atoms with Crippen LogP contribution < -0.4 is 0 Å². The maximum atomic E-state index is 12.4. The molecule has 20 heavy (non-hydrogen) atoms. The van der Waals surface area contributed by atoms with Crippen molar-refractivity contribution in [1.29, 1.82) is 0 Å². The van der Waals surface area contributed by atoms with Crippen molar-refractivity contribution in [3.05, 3.63) is 0 Å². The Bertz CT molecular complexity index is 300. The van der Waals surface area contributed by atoms with Gasteiger partial charge in [0.15, 0.2) is 0 Å². The van der Waals surface area contributed by atoms with E-state index in [0.29, 0.717) is 13.2 Å². The normalized spacial score (nSPS) is 23.8. The summed E-state index contributed by atoms with van der Waals surface area (Å²) < 4.78 is 10.4. The molecule has 0 aromatic heterocycles. The second kappa shape index (κ2) is 7.93. The maximum absolute atomic E-state index is 12.4. The maximum Gasteiger partial charge on any atom is 0.239 e. The summed E-state index contributed by atoms with van der Waals surface area (Å²) in [5, 5.41) is 0. The number of nitrogens with zero attached hydrogens (tertiary/aromatic N) is 3. The number of piperazine rings is 1. The third kappa shape index (κ3) is 4.15. The summed E-state index contributed by atoms with van der Waals surface area (Å²) in [7, 11) is 1.74. The van der Waals surface area contributed by atoms with Gasteiger partial charge < -0.3 is 14.4 Å². The summed E-state index contributed by atoms with van der Waals surface area (Å²) in [6.07, 6.45) is 0. The molecule has 0 saturated carbocycles. The highest BCUT2D eigenvalue weighted by molar-refractivity contribution is 5.81. The first kappa shape index (κ1) is 15.7. The summed E-state index contributed by atoms with van der Waals surface area (Å²) in [6, 6.07) is -0.0160. The van der Waals surface area contributed by atoms with Gasteiger partial charge >= 0.3 is 0 Å². The first-order valence-electron chi connectivity index (χ1n) is 7.54. The predicted octanol–water partition coefficient (Wildman–Crippen LogP) is -0.502. The minimum Gasteiger partial charge on any atom is -0.383 e. The molecule has 2 aliphatic rings. The number of morpholine rings is 1. The third-order valence-electron chi connectivity index (χ3n) is 4.25. The van der Waals surface area contributed by atoms with Crippen molar-refractivity contribution >= 4 is 5.91 Å². The minimum absolute atomic E-state index is 0.0160. The number of ether oxygens (including phenoxy) is 2. The van der Waals surface area contributed by atoms with Crippen molar-refractivity contribution in [3.63, 3.8) is 0 Å². The van der Waals surface area contributed by atoms with Crippen LogP contribution in [0.3, 0.4) is 0 Å². The van der Waals surface area contributed by atoms with E-state index < -0.39 is 0 Å². The summed E-state index contributed by atoms with van der Waals surface area (Å²) in [4.78, 5) is 19.1. The Morgan fingerprint density at radius 1 is 1.15 bits per heavy atom. The number of amides is 1. The lowest BCUT2D eigenvalue weighted by Crippen LogP contribution is -2.56. The number of hydrogen-bond acceptors (Lipinski definition) is 5. The fourth-order valence-corrected chi connectivity index (χ4v) is 2.80.